The maximum absolute atomic E-state index is 12.4. The summed E-state index contributed by atoms with van der Waals surface area (Å²) in [6, 6.07) is 16.2. The first kappa shape index (κ1) is 18.4. The lowest BCUT2D eigenvalue weighted by Gasteiger charge is -2.10. The molecule has 0 atom stereocenters. The summed E-state index contributed by atoms with van der Waals surface area (Å²) in [5.41, 5.74) is 4.21. The van der Waals surface area contributed by atoms with Crippen LogP contribution in [0.4, 0.5) is 5.69 Å². The van der Waals surface area contributed by atoms with E-state index in [1.54, 1.807) is 0 Å². The van der Waals surface area contributed by atoms with E-state index in [-0.39, 0.29) is 5.91 Å². The lowest BCUT2D eigenvalue weighted by Crippen LogP contribution is -2.12. The van der Waals surface area contributed by atoms with E-state index >= 15 is 0 Å². The van der Waals surface area contributed by atoms with Crippen LogP contribution < -0.4 is 5.32 Å². The Labute approximate surface area is 165 Å². The summed E-state index contributed by atoms with van der Waals surface area (Å²) in [6.45, 7) is 3.03. The summed E-state index contributed by atoms with van der Waals surface area (Å²) in [6.07, 6.45) is 5.77. The normalized spacial score (nSPS) is 13.6. The molecule has 0 saturated heterocycles. The minimum atomic E-state index is 0.0257. The van der Waals surface area contributed by atoms with Gasteiger partial charge < -0.3 is 9.88 Å². The Bertz CT molecular complexity index is 959. The van der Waals surface area contributed by atoms with Gasteiger partial charge in [0.1, 0.15) is 5.82 Å². The van der Waals surface area contributed by atoms with Crippen molar-refractivity contribution in [3.8, 4) is 11.4 Å². The quantitative estimate of drug-likeness (QED) is 0.713. The SMILES string of the molecule is Cc1ccc(CCC(=O)Nc2cccc(-c3nnc4n3CCCCC4)c2)cc1. The van der Waals surface area contributed by atoms with Gasteiger partial charge in [-0.3, -0.25) is 4.79 Å². The number of nitrogens with one attached hydrogen (secondary N) is 1. The van der Waals surface area contributed by atoms with Gasteiger partial charge in [-0.2, -0.15) is 0 Å². The van der Waals surface area contributed by atoms with E-state index in [0.717, 1.165) is 48.7 Å². The molecular weight excluding hydrogens is 348 g/mol. The second-order valence-corrected chi connectivity index (χ2v) is 7.52. The van der Waals surface area contributed by atoms with Gasteiger partial charge >= 0.3 is 0 Å². The lowest BCUT2D eigenvalue weighted by molar-refractivity contribution is -0.116. The average molecular weight is 374 g/mol. The number of fused-ring (bicyclic) bond motifs is 1. The summed E-state index contributed by atoms with van der Waals surface area (Å²) in [7, 11) is 0. The van der Waals surface area contributed by atoms with Gasteiger partial charge in [-0.15, -0.1) is 10.2 Å². The molecule has 0 spiro atoms. The van der Waals surface area contributed by atoms with Crippen LogP contribution in [0.15, 0.2) is 48.5 Å². The number of rotatable bonds is 5. The molecule has 1 amide bonds. The molecule has 1 aromatic heterocycles. The van der Waals surface area contributed by atoms with Crippen molar-refractivity contribution >= 4 is 11.6 Å². The van der Waals surface area contributed by atoms with Crippen molar-refractivity contribution in [2.75, 3.05) is 5.32 Å². The molecule has 1 aliphatic rings. The van der Waals surface area contributed by atoms with Gasteiger partial charge in [-0.25, -0.2) is 0 Å². The minimum absolute atomic E-state index is 0.0257. The van der Waals surface area contributed by atoms with Gasteiger partial charge in [0.2, 0.25) is 5.91 Å². The van der Waals surface area contributed by atoms with Gasteiger partial charge in [-0.1, -0.05) is 48.4 Å². The highest BCUT2D eigenvalue weighted by atomic mass is 16.1. The topological polar surface area (TPSA) is 59.8 Å². The number of carbonyl (C=O) groups excluding carboxylic acids is 1. The molecule has 0 unspecified atom stereocenters. The maximum Gasteiger partial charge on any atom is 0.224 e. The number of nitrogens with zero attached hydrogens (tertiary/aromatic N) is 3. The van der Waals surface area contributed by atoms with Gasteiger partial charge in [0.05, 0.1) is 0 Å². The third-order valence-electron chi connectivity index (χ3n) is 5.28. The third kappa shape index (κ3) is 4.30. The number of aromatic nitrogens is 3. The summed E-state index contributed by atoms with van der Waals surface area (Å²) in [4.78, 5) is 12.4. The van der Waals surface area contributed by atoms with Crippen molar-refractivity contribution in [2.45, 2.75) is 52.0 Å². The molecule has 4 rings (SSSR count). The molecule has 2 aromatic carbocycles. The molecule has 5 heteroatoms. The van der Waals surface area contributed by atoms with Crippen LogP contribution in [-0.2, 0) is 24.2 Å². The smallest absolute Gasteiger partial charge is 0.224 e. The number of amides is 1. The second-order valence-electron chi connectivity index (χ2n) is 7.52. The van der Waals surface area contributed by atoms with Crippen molar-refractivity contribution in [1.82, 2.24) is 14.8 Å². The molecule has 2 heterocycles. The van der Waals surface area contributed by atoms with Crippen LogP contribution in [-0.4, -0.2) is 20.7 Å². The number of aryl methyl sites for hydroxylation is 3. The van der Waals surface area contributed by atoms with Crippen molar-refractivity contribution in [3.63, 3.8) is 0 Å². The van der Waals surface area contributed by atoms with Crippen LogP contribution in [0.25, 0.3) is 11.4 Å². The van der Waals surface area contributed by atoms with Crippen LogP contribution in [0.3, 0.4) is 0 Å². The predicted octanol–water partition coefficient (Wildman–Crippen LogP) is 4.55. The van der Waals surface area contributed by atoms with Crippen LogP contribution >= 0.6 is 0 Å². The first-order valence-electron chi connectivity index (χ1n) is 10.1. The Balaban J connectivity index is 1.43. The molecule has 28 heavy (non-hydrogen) atoms. The standard InChI is InChI=1S/C23H26N4O/c1-17-9-11-18(12-10-17)13-14-22(28)24-20-7-5-6-19(16-20)23-26-25-21-8-3-2-4-15-27(21)23/h5-7,9-12,16H,2-4,8,13-15H2,1H3,(H,24,28). The van der Waals surface area contributed by atoms with E-state index in [4.69, 9.17) is 0 Å². The Kier molecular flexibility index (Phi) is 5.51. The molecule has 0 bridgehead atoms. The van der Waals surface area contributed by atoms with E-state index in [2.05, 4.69) is 51.3 Å². The molecule has 144 valence electrons. The monoisotopic (exact) mass is 374 g/mol. The van der Waals surface area contributed by atoms with Gasteiger partial charge in [0.15, 0.2) is 5.82 Å². The number of hydrogen-bond acceptors (Lipinski definition) is 3. The zero-order valence-corrected chi connectivity index (χ0v) is 16.3. The molecule has 3 aromatic rings. The molecule has 0 fully saturated rings. The van der Waals surface area contributed by atoms with E-state index in [9.17, 15) is 4.79 Å². The van der Waals surface area contributed by atoms with E-state index < -0.39 is 0 Å². The van der Waals surface area contributed by atoms with Crippen LogP contribution in [0.5, 0.6) is 0 Å². The van der Waals surface area contributed by atoms with Crippen LogP contribution in [0.2, 0.25) is 0 Å². The highest BCUT2D eigenvalue weighted by Gasteiger charge is 2.16. The molecular formula is C23H26N4O. The van der Waals surface area contributed by atoms with Gasteiger partial charge in [-0.05, 0) is 43.9 Å². The van der Waals surface area contributed by atoms with Crippen molar-refractivity contribution in [1.29, 1.82) is 0 Å². The maximum atomic E-state index is 12.4. The third-order valence-corrected chi connectivity index (χ3v) is 5.28. The zero-order chi connectivity index (χ0) is 19.3. The fraction of sp³-hybridized carbons (Fsp3) is 0.348. The van der Waals surface area contributed by atoms with Crippen molar-refractivity contribution < 1.29 is 4.79 Å². The highest BCUT2D eigenvalue weighted by molar-refractivity contribution is 5.91. The molecule has 0 radical (unpaired) electrons. The van der Waals surface area contributed by atoms with E-state index in [1.807, 2.05) is 24.3 Å². The Hall–Kier alpha value is -2.95. The number of hydrogen-bond donors (Lipinski definition) is 1. The Morgan fingerprint density at radius 2 is 1.93 bits per heavy atom. The molecule has 1 aliphatic heterocycles. The van der Waals surface area contributed by atoms with Crippen molar-refractivity contribution in [3.05, 3.63) is 65.5 Å². The number of carbonyl (C=O) groups is 1. The summed E-state index contributed by atoms with van der Waals surface area (Å²) in [5.74, 6) is 1.99. The first-order valence-corrected chi connectivity index (χ1v) is 10.1. The molecule has 1 N–H and O–H groups in total. The van der Waals surface area contributed by atoms with Gasteiger partial charge in [0.25, 0.3) is 0 Å². The fourth-order valence-electron chi connectivity index (χ4n) is 3.67. The summed E-state index contributed by atoms with van der Waals surface area (Å²) >= 11 is 0. The second kappa shape index (κ2) is 8.38. The summed E-state index contributed by atoms with van der Waals surface area (Å²) < 4.78 is 2.23. The van der Waals surface area contributed by atoms with Crippen LogP contribution in [0.1, 0.15) is 42.6 Å². The largest absolute Gasteiger partial charge is 0.326 e. The first-order chi connectivity index (χ1) is 13.7. The Morgan fingerprint density at radius 1 is 1.07 bits per heavy atom. The van der Waals surface area contributed by atoms with Crippen molar-refractivity contribution in [2.24, 2.45) is 0 Å². The highest BCUT2D eigenvalue weighted by Crippen LogP contribution is 2.25. The Morgan fingerprint density at radius 3 is 2.79 bits per heavy atom. The number of benzene rings is 2. The number of anilines is 1. The lowest BCUT2D eigenvalue weighted by atomic mass is 10.1. The molecule has 0 aliphatic carbocycles. The average Bonchev–Trinajstić information content (AvgIpc) is 2.96. The fourth-order valence-corrected chi connectivity index (χ4v) is 3.67. The van der Waals surface area contributed by atoms with Crippen LogP contribution in [0, 0.1) is 6.92 Å². The predicted molar refractivity (Wildman–Crippen MR) is 111 cm³/mol. The minimum Gasteiger partial charge on any atom is -0.326 e. The van der Waals surface area contributed by atoms with Gasteiger partial charge in [0, 0.05) is 30.6 Å². The molecule has 5 nitrogen and oxygen atoms in total. The van der Waals surface area contributed by atoms with E-state index in [0.29, 0.717) is 6.42 Å². The summed E-state index contributed by atoms with van der Waals surface area (Å²) in [5, 5.41) is 11.8. The zero-order valence-electron chi connectivity index (χ0n) is 16.3. The van der Waals surface area contributed by atoms with E-state index in [1.165, 1.54) is 24.0 Å². The molecule has 0 saturated carbocycles.